The van der Waals surface area contributed by atoms with Crippen LogP contribution in [0.3, 0.4) is 0 Å². The molecule has 0 aromatic heterocycles. The summed E-state index contributed by atoms with van der Waals surface area (Å²) in [7, 11) is 0. The summed E-state index contributed by atoms with van der Waals surface area (Å²) in [6.45, 7) is 0.539. The molecule has 1 atom stereocenters. The molecule has 1 aliphatic rings. The highest BCUT2D eigenvalue weighted by atomic mass is 16.2. The van der Waals surface area contributed by atoms with Crippen LogP contribution in [0.1, 0.15) is 17.2 Å². The minimum atomic E-state index is -0.178. The maximum atomic E-state index is 10.9. The van der Waals surface area contributed by atoms with Gasteiger partial charge in [-0.3, -0.25) is 0 Å². The van der Waals surface area contributed by atoms with E-state index in [0.717, 1.165) is 5.56 Å². The molecule has 1 aromatic carbocycles. The van der Waals surface area contributed by atoms with E-state index in [2.05, 4.69) is 16.7 Å². The van der Waals surface area contributed by atoms with Gasteiger partial charge in [0.1, 0.15) is 0 Å². The number of benzene rings is 1. The molecule has 0 spiro atoms. The van der Waals surface area contributed by atoms with Gasteiger partial charge in [0, 0.05) is 6.54 Å². The summed E-state index contributed by atoms with van der Waals surface area (Å²) in [4.78, 5) is 10.9. The van der Waals surface area contributed by atoms with Gasteiger partial charge in [-0.25, -0.2) is 4.79 Å². The molecule has 2 rings (SSSR count). The third kappa shape index (κ3) is 1.40. The Hall–Kier alpha value is -2.02. The smallest absolute Gasteiger partial charge is 0.315 e. The molecule has 0 radical (unpaired) electrons. The highest BCUT2D eigenvalue weighted by molar-refractivity contribution is 5.77. The summed E-state index contributed by atoms with van der Waals surface area (Å²) >= 11 is 0. The number of carbonyl (C=O) groups excluding carboxylic acids is 1. The summed E-state index contributed by atoms with van der Waals surface area (Å²) in [5.74, 6) is 0. The van der Waals surface area contributed by atoms with Gasteiger partial charge in [0.2, 0.25) is 0 Å². The van der Waals surface area contributed by atoms with Gasteiger partial charge in [0.25, 0.3) is 0 Å². The van der Waals surface area contributed by atoms with Crippen molar-refractivity contribution in [2.24, 2.45) is 0 Å². The highest BCUT2D eigenvalue weighted by Gasteiger charge is 2.23. The summed E-state index contributed by atoms with van der Waals surface area (Å²) in [6.07, 6.45) is 0. The first-order chi connectivity index (χ1) is 6.81. The first-order valence-corrected chi connectivity index (χ1v) is 4.34. The number of carbonyl (C=O) groups is 1. The van der Waals surface area contributed by atoms with Crippen molar-refractivity contribution in [2.45, 2.75) is 6.04 Å². The van der Waals surface area contributed by atoms with Crippen LogP contribution in [0.25, 0.3) is 0 Å². The summed E-state index contributed by atoms with van der Waals surface area (Å²) in [6, 6.07) is 9.13. The zero-order chi connectivity index (χ0) is 9.97. The maximum absolute atomic E-state index is 10.9. The number of amides is 2. The van der Waals surface area contributed by atoms with Crippen molar-refractivity contribution in [3.8, 4) is 6.07 Å². The molecule has 2 N–H and O–H groups in total. The number of urea groups is 1. The minimum Gasteiger partial charge on any atom is -0.336 e. The van der Waals surface area contributed by atoms with Crippen LogP contribution < -0.4 is 10.6 Å². The monoisotopic (exact) mass is 187 g/mol. The predicted molar refractivity (Wildman–Crippen MR) is 50.4 cm³/mol. The molecule has 1 heterocycles. The van der Waals surface area contributed by atoms with E-state index in [0.29, 0.717) is 12.1 Å². The number of nitrogens with one attached hydrogen (secondary N) is 2. The van der Waals surface area contributed by atoms with Crippen molar-refractivity contribution in [1.82, 2.24) is 10.6 Å². The van der Waals surface area contributed by atoms with Gasteiger partial charge >= 0.3 is 6.03 Å². The average Bonchev–Trinajstić information content (AvgIpc) is 2.65. The van der Waals surface area contributed by atoms with Crippen LogP contribution in [0.15, 0.2) is 24.3 Å². The lowest BCUT2D eigenvalue weighted by Crippen LogP contribution is -2.22. The van der Waals surface area contributed by atoms with E-state index in [4.69, 9.17) is 5.26 Å². The number of hydrogen-bond acceptors (Lipinski definition) is 2. The molecule has 1 aliphatic heterocycles. The van der Waals surface area contributed by atoms with Crippen LogP contribution in [-0.4, -0.2) is 12.6 Å². The molecule has 4 heteroatoms. The third-order valence-electron chi connectivity index (χ3n) is 2.23. The lowest BCUT2D eigenvalue weighted by Gasteiger charge is -2.09. The largest absolute Gasteiger partial charge is 0.336 e. The van der Waals surface area contributed by atoms with Crippen LogP contribution in [0.4, 0.5) is 4.79 Å². The second-order valence-electron chi connectivity index (χ2n) is 3.11. The highest BCUT2D eigenvalue weighted by Crippen LogP contribution is 2.18. The quantitative estimate of drug-likeness (QED) is 0.686. The molecule has 1 fully saturated rings. The molecule has 2 amide bonds. The predicted octanol–water partition coefficient (Wildman–Crippen LogP) is 0.912. The number of nitrogens with zero attached hydrogens (tertiary/aromatic N) is 1. The SMILES string of the molecule is N#Cc1ccccc1[C@@H]1CNC(=O)N1. The van der Waals surface area contributed by atoms with Crippen LogP contribution in [0.5, 0.6) is 0 Å². The van der Waals surface area contributed by atoms with Gasteiger partial charge in [-0.1, -0.05) is 18.2 Å². The van der Waals surface area contributed by atoms with E-state index in [1.54, 1.807) is 6.07 Å². The lowest BCUT2D eigenvalue weighted by atomic mass is 10.0. The van der Waals surface area contributed by atoms with E-state index in [1.807, 2.05) is 18.2 Å². The minimum absolute atomic E-state index is 0.0849. The van der Waals surface area contributed by atoms with E-state index in [-0.39, 0.29) is 12.1 Å². The fourth-order valence-corrected chi connectivity index (χ4v) is 1.55. The van der Waals surface area contributed by atoms with Crippen molar-refractivity contribution in [3.05, 3.63) is 35.4 Å². The maximum Gasteiger partial charge on any atom is 0.315 e. The van der Waals surface area contributed by atoms with Crippen LogP contribution in [-0.2, 0) is 0 Å². The Balaban J connectivity index is 2.33. The van der Waals surface area contributed by atoms with Gasteiger partial charge in [0.15, 0.2) is 0 Å². The van der Waals surface area contributed by atoms with Crippen molar-refractivity contribution >= 4 is 6.03 Å². The summed E-state index contributed by atoms with van der Waals surface area (Å²) in [5, 5.41) is 14.3. The van der Waals surface area contributed by atoms with Gasteiger partial charge in [-0.05, 0) is 11.6 Å². The van der Waals surface area contributed by atoms with Crippen molar-refractivity contribution < 1.29 is 4.79 Å². The normalized spacial score (nSPS) is 19.6. The van der Waals surface area contributed by atoms with Crippen LogP contribution in [0.2, 0.25) is 0 Å². The zero-order valence-electron chi connectivity index (χ0n) is 7.45. The topological polar surface area (TPSA) is 64.9 Å². The second kappa shape index (κ2) is 3.38. The van der Waals surface area contributed by atoms with Gasteiger partial charge in [-0.15, -0.1) is 0 Å². The molecule has 0 saturated carbocycles. The van der Waals surface area contributed by atoms with E-state index in [1.165, 1.54) is 0 Å². The molecule has 0 aliphatic carbocycles. The first-order valence-electron chi connectivity index (χ1n) is 4.34. The lowest BCUT2D eigenvalue weighted by molar-refractivity contribution is 0.247. The van der Waals surface area contributed by atoms with E-state index in [9.17, 15) is 4.79 Å². The fourth-order valence-electron chi connectivity index (χ4n) is 1.55. The van der Waals surface area contributed by atoms with E-state index >= 15 is 0 Å². The van der Waals surface area contributed by atoms with Crippen molar-refractivity contribution in [2.75, 3.05) is 6.54 Å². The molecular weight excluding hydrogens is 178 g/mol. The molecule has 0 unspecified atom stereocenters. The Morgan fingerprint density at radius 2 is 2.21 bits per heavy atom. The molecule has 4 nitrogen and oxygen atoms in total. The Morgan fingerprint density at radius 1 is 1.43 bits per heavy atom. The molecule has 1 saturated heterocycles. The van der Waals surface area contributed by atoms with Gasteiger partial charge in [0.05, 0.1) is 17.7 Å². The Bertz CT molecular complexity index is 408. The molecule has 14 heavy (non-hydrogen) atoms. The number of hydrogen-bond donors (Lipinski definition) is 2. The van der Waals surface area contributed by atoms with Crippen LogP contribution >= 0.6 is 0 Å². The van der Waals surface area contributed by atoms with Crippen molar-refractivity contribution in [1.29, 1.82) is 5.26 Å². The molecule has 1 aromatic rings. The zero-order valence-corrected chi connectivity index (χ0v) is 7.45. The third-order valence-corrected chi connectivity index (χ3v) is 2.23. The molecular formula is C10H9N3O. The van der Waals surface area contributed by atoms with Gasteiger partial charge < -0.3 is 10.6 Å². The van der Waals surface area contributed by atoms with E-state index < -0.39 is 0 Å². The summed E-state index contributed by atoms with van der Waals surface area (Å²) in [5.41, 5.74) is 1.48. The fraction of sp³-hybridized carbons (Fsp3) is 0.200. The summed E-state index contributed by atoms with van der Waals surface area (Å²) < 4.78 is 0. The van der Waals surface area contributed by atoms with Crippen molar-refractivity contribution in [3.63, 3.8) is 0 Å². The molecule has 0 bridgehead atoms. The number of rotatable bonds is 1. The average molecular weight is 187 g/mol. The standard InChI is InChI=1S/C10H9N3O/c11-5-7-3-1-2-4-8(7)9-6-12-10(14)13-9/h1-4,9H,6H2,(H2,12,13,14)/t9-/m0/s1. The Labute approximate surface area is 81.5 Å². The Morgan fingerprint density at radius 3 is 2.86 bits per heavy atom. The van der Waals surface area contributed by atoms with Gasteiger partial charge in [-0.2, -0.15) is 5.26 Å². The first kappa shape index (κ1) is 8.57. The number of nitriles is 1. The van der Waals surface area contributed by atoms with Crippen LogP contribution in [0, 0.1) is 11.3 Å². The Kier molecular flexibility index (Phi) is 2.07. The second-order valence-corrected chi connectivity index (χ2v) is 3.11. The molecule has 70 valence electrons.